The van der Waals surface area contributed by atoms with E-state index in [1.807, 2.05) is 0 Å². The highest BCUT2D eigenvalue weighted by atomic mass is 16.5. The Morgan fingerprint density at radius 3 is 2.68 bits per heavy atom. The van der Waals surface area contributed by atoms with Crippen molar-refractivity contribution in [3.63, 3.8) is 0 Å². The lowest BCUT2D eigenvalue weighted by Crippen LogP contribution is -2.59. The van der Waals surface area contributed by atoms with Crippen LogP contribution in [0.5, 0.6) is 0 Å². The minimum Gasteiger partial charge on any atom is -0.380 e. The highest BCUT2D eigenvalue weighted by Crippen LogP contribution is 2.27. The monoisotopic (exact) mass is 262 g/mol. The number of nitrogens with one attached hydrogen (secondary N) is 1. The van der Waals surface area contributed by atoms with Gasteiger partial charge in [0, 0.05) is 38.3 Å². The van der Waals surface area contributed by atoms with Gasteiger partial charge in [-0.3, -0.25) is 4.90 Å². The average Bonchev–Trinajstić information content (AvgIpc) is 2.39. The zero-order valence-electron chi connectivity index (χ0n) is 12.5. The third kappa shape index (κ3) is 3.78. The zero-order chi connectivity index (χ0) is 13.9. The second kappa shape index (κ2) is 6.04. The van der Waals surface area contributed by atoms with E-state index in [4.69, 9.17) is 4.74 Å². The molecule has 106 valence electrons. The van der Waals surface area contributed by atoms with Crippen LogP contribution in [0.2, 0.25) is 0 Å². The summed E-state index contributed by atoms with van der Waals surface area (Å²) in [4.78, 5) is 2.54. The molecular weight excluding hydrogens is 236 g/mol. The molecule has 3 nitrogen and oxygen atoms in total. The van der Waals surface area contributed by atoms with Crippen molar-refractivity contribution < 1.29 is 4.74 Å². The summed E-state index contributed by atoms with van der Waals surface area (Å²) >= 11 is 0. The fourth-order valence-corrected chi connectivity index (χ4v) is 2.78. The molecule has 0 aromatic heterocycles. The third-order valence-electron chi connectivity index (χ3n) is 3.89. The van der Waals surface area contributed by atoms with Crippen LogP contribution in [0.1, 0.15) is 32.4 Å². The molecule has 1 fully saturated rings. The van der Waals surface area contributed by atoms with Crippen molar-refractivity contribution in [1.29, 1.82) is 0 Å². The molecule has 2 atom stereocenters. The first kappa shape index (κ1) is 14.5. The molecule has 1 heterocycles. The second-order valence-electron chi connectivity index (χ2n) is 6.17. The molecule has 0 aliphatic carbocycles. The predicted octanol–water partition coefficient (Wildman–Crippen LogP) is 2.45. The molecule has 1 aliphatic rings. The normalized spacial score (nSPS) is 25.2. The van der Waals surface area contributed by atoms with Gasteiger partial charge in [-0.15, -0.1) is 0 Å². The summed E-state index contributed by atoms with van der Waals surface area (Å²) in [6, 6.07) is 11.2. The lowest BCUT2D eigenvalue weighted by atomic mass is 9.94. The van der Waals surface area contributed by atoms with Gasteiger partial charge >= 0.3 is 0 Å². The number of benzene rings is 1. The van der Waals surface area contributed by atoms with Crippen LogP contribution in [-0.2, 0) is 4.74 Å². The SMILES string of the molecule is COC(C)CN1CC(C)(C)NCC1c1ccccc1. The molecule has 0 spiro atoms. The Morgan fingerprint density at radius 1 is 1.37 bits per heavy atom. The predicted molar refractivity (Wildman–Crippen MR) is 79.3 cm³/mol. The summed E-state index contributed by atoms with van der Waals surface area (Å²) < 4.78 is 5.44. The molecule has 0 radical (unpaired) electrons. The van der Waals surface area contributed by atoms with Crippen molar-refractivity contribution in [3.8, 4) is 0 Å². The maximum Gasteiger partial charge on any atom is 0.0670 e. The maximum absolute atomic E-state index is 5.44. The second-order valence-corrected chi connectivity index (χ2v) is 6.17. The van der Waals surface area contributed by atoms with Crippen molar-refractivity contribution >= 4 is 0 Å². The van der Waals surface area contributed by atoms with Gasteiger partial charge in [0.2, 0.25) is 0 Å². The molecule has 2 unspecified atom stereocenters. The van der Waals surface area contributed by atoms with E-state index < -0.39 is 0 Å². The number of rotatable bonds is 4. The molecule has 1 aromatic rings. The molecular formula is C16H26N2O. The molecule has 19 heavy (non-hydrogen) atoms. The lowest BCUT2D eigenvalue weighted by molar-refractivity contribution is 0.0272. The fraction of sp³-hybridized carbons (Fsp3) is 0.625. The van der Waals surface area contributed by atoms with Crippen LogP contribution in [0.4, 0.5) is 0 Å². The Bertz CT molecular complexity index is 391. The number of hydrogen-bond donors (Lipinski definition) is 1. The Morgan fingerprint density at radius 2 is 2.05 bits per heavy atom. The summed E-state index contributed by atoms with van der Waals surface area (Å²) in [5.74, 6) is 0. The number of methoxy groups -OCH3 is 1. The summed E-state index contributed by atoms with van der Waals surface area (Å²) in [5.41, 5.74) is 1.55. The van der Waals surface area contributed by atoms with E-state index in [1.165, 1.54) is 5.56 Å². The van der Waals surface area contributed by atoms with Gasteiger partial charge < -0.3 is 10.1 Å². The number of hydrogen-bond acceptors (Lipinski definition) is 3. The van der Waals surface area contributed by atoms with Crippen LogP contribution < -0.4 is 5.32 Å². The molecule has 0 saturated carbocycles. The van der Waals surface area contributed by atoms with E-state index in [9.17, 15) is 0 Å². The van der Waals surface area contributed by atoms with Gasteiger partial charge in [0.15, 0.2) is 0 Å². The van der Waals surface area contributed by atoms with Gasteiger partial charge in [-0.05, 0) is 26.3 Å². The van der Waals surface area contributed by atoms with Crippen molar-refractivity contribution in [2.24, 2.45) is 0 Å². The lowest BCUT2D eigenvalue weighted by Gasteiger charge is -2.45. The molecule has 1 N–H and O–H groups in total. The standard InChI is InChI=1S/C16H26N2O/c1-13(19-4)11-18-12-16(2,3)17-10-15(18)14-8-6-5-7-9-14/h5-9,13,15,17H,10-12H2,1-4H3. The topological polar surface area (TPSA) is 24.5 Å². The highest BCUT2D eigenvalue weighted by molar-refractivity contribution is 5.20. The van der Waals surface area contributed by atoms with Crippen molar-refractivity contribution in [2.75, 3.05) is 26.7 Å². The largest absolute Gasteiger partial charge is 0.380 e. The van der Waals surface area contributed by atoms with Crippen molar-refractivity contribution in [2.45, 2.75) is 38.5 Å². The van der Waals surface area contributed by atoms with Gasteiger partial charge in [0.1, 0.15) is 0 Å². The van der Waals surface area contributed by atoms with Gasteiger partial charge in [-0.2, -0.15) is 0 Å². The van der Waals surface area contributed by atoms with Crippen LogP contribution in [-0.4, -0.2) is 43.3 Å². The maximum atomic E-state index is 5.44. The van der Waals surface area contributed by atoms with E-state index in [0.29, 0.717) is 6.04 Å². The molecule has 0 bridgehead atoms. The van der Waals surface area contributed by atoms with Gasteiger partial charge in [0.25, 0.3) is 0 Å². The zero-order valence-corrected chi connectivity index (χ0v) is 12.5. The summed E-state index contributed by atoms with van der Waals surface area (Å²) in [5, 5.41) is 3.65. The minimum atomic E-state index is 0.165. The minimum absolute atomic E-state index is 0.165. The van der Waals surface area contributed by atoms with Crippen LogP contribution in [0.3, 0.4) is 0 Å². The van der Waals surface area contributed by atoms with E-state index in [2.05, 4.69) is 61.3 Å². The smallest absolute Gasteiger partial charge is 0.0670 e. The van der Waals surface area contributed by atoms with Crippen LogP contribution >= 0.6 is 0 Å². The average molecular weight is 262 g/mol. The van der Waals surface area contributed by atoms with Crippen molar-refractivity contribution in [1.82, 2.24) is 10.2 Å². The quantitative estimate of drug-likeness (QED) is 0.902. The summed E-state index contributed by atoms with van der Waals surface area (Å²) in [6.07, 6.45) is 0.264. The first-order valence-electron chi connectivity index (χ1n) is 7.08. The third-order valence-corrected chi connectivity index (χ3v) is 3.89. The summed E-state index contributed by atoms with van der Waals surface area (Å²) in [6.45, 7) is 9.67. The highest BCUT2D eigenvalue weighted by Gasteiger charge is 2.33. The number of piperazine rings is 1. The Balaban J connectivity index is 2.15. The van der Waals surface area contributed by atoms with Crippen LogP contribution in [0.15, 0.2) is 30.3 Å². The summed E-state index contributed by atoms with van der Waals surface area (Å²) in [7, 11) is 1.79. The van der Waals surface area contributed by atoms with E-state index in [-0.39, 0.29) is 11.6 Å². The number of ether oxygens (including phenoxy) is 1. The van der Waals surface area contributed by atoms with Crippen LogP contribution in [0, 0.1) is 0 Å². The van der Waals surface area contributed by atoms with Gasteiger partial charge in [-0.25, -0.2) is 0 Å². The Hall–Kier alpha value is -0.900. The molecule has 2 rings (SSSR count). The fourth-order valence-electron chi connectivity index (χ4n) is 2.78. The van der Waals surface area contributed by atoms with E-state index in [1.54, 1.807) is 7.11 Å². The molecule has 3 heteroatoms. The first-order chi connectivity index (χ1) is 9.02. The molecule has 1 aromatic carbocycles. The van der Waals surface area contributed by atoms with Crippen molar-refractivity contribution in [3.05, 3.63) is 35.9 Å². The Kier molecular flexibility index (Phi) is 4.61. The number of nitrogens with zero attached hydrogens (tertiary/aromatic N) is 1. The van der Waals surface area contributed by atoms with Crippen LogP contribution in [0.25, 0.3) is 0 Å². The first-order valence-corrected chi connectivity index (χ1v) is 7.08. The van der Waals surface area contributed by atoms with Gasteiger partial charge in [-0.1, -0.05) is 30.3 Å². The molecule has 1 saturated heterocycles. The molecule has 0 amide bonds. The van der Waals surface area contributed by atoms with Gasteiger partial charge in [0.05, 0.1) is 6.10 Å². The van der Waals surface area contributed by atoms with E-state index in [0.717, 1.165) is 19.6 Å². The van der Waals surface area contributed by atoms with E-state index >= 15 is 0 Å². The molecule has 1 aliphatic heterocycles. The Labute approximate surface area is 116 Å².